The topological polar surface area (TPSA) is 205 Å². The van der Waals surface area contributed by atoms with E-state index in [9.17, 15) is 29.1 Å². The first-order chi connectivity index (χ1) is 28.6. The fourth-order valence-corrected chi connectivity index (χ4v) is 8.87. The summed E-state index contributed by atoms with van der Waals surface area (Å²) in [6, 6.07) is 7.69. The molecular formula is C44H60FN5O11. The third-order valence-corrected chi connectivity index (χ3v) is 12.2. The number of esters is 1. The van der Waals surface area contributed by atoms with Gasteiger partial charge >= 0.3 is 18.2 Å². The van der Waals surface area contributed by atoms with Crippen molar-refractivity contribution in [1.29, 1.82) is 0 Å². The number of alkyl halides is 1. The van der Waals surface area contributed by atoms with Gasteiger partial charge in [-0.1, -0.05) is 64.1 Å². The van der Waals surface area contributed by atoms with E-state index in [1.165, 1.54) is 20.8 Å². The van der Waals surface area contributed by atoms with Crippen LogP contribution in [0.4, 0.5) is 14.0 Å². The lowest BCUT2D eigenvalue weighted by molar-refractivity contribution is -0.292. The number of Topliss-reactive ketones (excluding diaryl/α,β-unsaturated/α-hetero) is 2. The Hall–Kier alpha value is -4.84. The molecule has 0 aliphatic carbocycles. The Kier molecular flexibility index (Phi) is 14.7. The molecule has 5 rings (SSSR count). The van der Waals surface area contributed by atoms with E-state index >= 15 is 4.39 Å². The van der Waals surface area contributed by atoms with Crippen molar-refractivity contribution in [2.75, 3.05) is 20.6 Å². The van der Waals surface area contributed by atoms with Crippen molar-refractivity contribution >= 4 is 35.8 Å². The molecule has 334 valence electrons. The van der Waals surface area contributed by atoms with Crippen molar-refractivity contribution in [3.8, 4) is 11.4 Å². The summed E-state index contributed by atoms with van der Waals surface area (Å²) in [6.45, 7) is 11.6. The number of likely N-dealkylation sites (N-methyl/N-ethyl adjacent to an activating group) is 1. The summed E-state index contributed by atoms with van der Waals surface area (Å²) in [6.07, 6.45) is -0.869. The number of rotatable bonds is 9. The molecule has 13 atom stereocenters. The number of alkyl carbamates (subject to hydrolysis) is 2. The molecule has 0 bridgehead atoms. The number of nitrogens with one attached hydrogen (secondary N) is 2. The van der Waals surface area contributed by atoms with E-state index in [-0.39, 0.29) is 25.2 Å². The van der Waals surface area contributed by atoms with Gasteiger partial charge in [0, 0.05) is 48.3 Å². The summed E-state index contributed by atoms with van der Waals surface area (Å²) < 4.78 is 46.9. The predicted molar refractivity (Wildman–Crippen MR) is 220 cm³/mol. The number of carbonyl (C=O) groups excluding carboxylic acids is 5. The zero-order valence-corrected chi connectivity index (χ0v) is 36.5. The third kappa shape index (κ3) is 10.3. The van der Waals surface area contributed by atoms with E-state index in [0.29, 0.717) is 12.2 Å². The summed E-state index contributed by atoms with van der Waals surface area (Å²) in [4.78, 5) is 79.4. The summed E-state index contributed by atoms with van der Waals surface area (Å²) in [5.74, 6) is -6.12. The number of ketones is 2. The molecule has 17 heteroatoms. The number of aliphatic hydroxyl groups is 1. The minimum Gasteiger partial charge on any atom is -0.455 e. The minimum atomic E-state index is -3.29. The van der Waals surface area contributed by atoms with E-state index in [1.54, 1.807) is 77.3 Å². The average Bonchev–Trinajstić information content (AvgIpc) is 3.54. The monoisotopic (exact) mass is 853 g/mol. The number of fused-ring (bicyclic) bond motifs is 1. The van der Waals surface area contributed by atoms with Crippen LogP contribution in [0.25, 0.3) is 17.5 Å². The van der Waals surface area contributed by atoms with Crippen molar-refractivity contribution in [3.63, 3.8) is 0 Å². The van der Waals surface area contributed by atoms with Crippen LogP contribution in [0.5, 0.6) is 0 Å². The highest BCUT2D eigenvalue weighted by Gasteiger charge is 2.60. The molecule has 16 nitrogen and oxygen atoms in total. The van der Waals surface area contributed by atoms with E-state index in [1.807, 2.05) is 24.3 Å². The number of carbonyl (C=O) groups is 5. The summed E-state index contributed by atoms with van der Waals surface area (Å²) in [5.41, 5.74) is -5.20. The highest BCUT2D eigenvalue weighted by atomic mass is 19.1. The van der Waals surface area contributed by atoms with E-state index < -0.39 is 101 Å². The maximum atomic E-state index is 16.9. The lowest BCUT2D eigenvalue weighted by Crippen LogP contribution is -2.62. The van der Waals surface area contributed by atoms with Crippen molar-refractivity contribution in [2.24, 2.45) is 17.8 Å². The van der Waals surface area contributed by atoms with Crippen LogP contribution in [0, 0.1) is 17.8 Å². The molecule has 1 aromatic carbocycles. The molecule has 0 unspecified atom stereocenters. The van der Waals surface area contributed by atoms with Crippen LogP contribution in [0.3, 0.4) is 0 Å². The molecule has 3 aliphatic rings. The van der Waals surface area contributed by atoms with Gasteiger partial charge in [-0.25, -0.2) is 28.7 Å². The zero-order valence-electron chi connectivity index (χ0n) is 36.5. The highest BCUT2D eigenvalue weighted by Crippen LogP contribution is 2.41. The van der Waals surface area contributed by atoms with E-state index in [4.69, 9.17) is 23.7 Å². The zero-order chi connectivity index (χ0) is 45.0. The molecule has 3 fully saturated rings. The second kappa shape index (κ2) is 19.1. The smallest absolute Gasteiger partial charge is 0.408 e. The fraction of sp³-hybridized carbons (Fsp3) is 0.614. The van der Waals surface area contributed by atoms with Crippen molar-refractivity contribution < 1.29 is 57.2 Å². The van der Waals surface area contributed by atoms with Gasteiger partial charge in [-0.15, -0.1) is 0 Å². The third-order valence-electron chi connectivity index (χ3n) is 12.2. The SMILES string of the molecule is CC[C@H]1OC(=O)[C@@](C)(F)C(=O)[C@H](C)[C@@H](O[C@@H]2O[C@H](C)C[C@H](N(C)C)[C@H]2O)[C@](C)(OC(=O)NC/C=C/c2ccc(-c3ncccn3)cc2)C[C@@H](C)C(=O)[C@H](C)[C@H]2NC(=O)O[C@@]21C. The number of halogens is 1. The summed E-state index contributed by atoms with van der Waals surface area (Å²) >= 11 is 0. The first kappa shape index (κ1) is 47.2. The minimum absolute atomic E-state index is 0.0105. The molecule has 3 saturated heterocycles. The number of amides is 2. The van der Waals surface area contributed by atoms with Gasteiger partial charge < -0.3 is 44.3 Å². The molecule has 0 spiro atoms. The van der Waals surface area contributed by atoms with E-state index in [2.05, 4.69) is 20.6 Å². The Balaban J connectivity index is 1.50. The van der Waals surface area contributed by atoms with Gasteiger partial charge in [0.25, 0.3) is 5.67 Å². The average molecular weight is 854 g/mol. The number of benzene rings is 1. The molecule has 3 aliphatic heterocycles. The van der Waals surface area contributed by atoms with Gasteiger partial charge in [-0.3, -0.25) is 9.59 Å². The lowest BCUT2D eigenvalue weighted by Gasteiger charge is -2.47. The predicted octanol–water partition coefficient (Wildman–Crippen LogP) is 4.82. The van der Waals surface area contributed by atoms with Crippen LogP contribution in [-0.2, 0) is 38.1 Å². The second-order valence-electron chi connectivity index (χ2n) is 17.3. The fourth-order valence-electron chi connectivity index (χ4n) is 8.87. The maximum Gasteiger partial charge on any atom is 0.408 e. The molecular weight excluding hydrogens is 794 g/mol. The first-order valence-corrected chi connectivity index (χ1v) is 20.8. The summed E-state index contributed by atoms with van der Waals surface area (Å²) in [7, 11) is 3.55. The molecule has 61 heavy (non-hydrogen) atoms. The van der Waals surface area contributed by atoms with Crippen LogP contribution >= 0.6 is 0 Å². The van der Waals surface area contributed by atoms with Gasteiger partial charge in [0.05, 0.1) is 12.1 Å². The largest absolute Gasteiger partial charge is 0.455 e. The quantitative estimate of drug-likeness (QED) is 0.176. The van der Waals surface area contributed by atoms with Gasteiger partial charge in [0.2, 0.25) is 0 Å². The lowest BCUT2D eigenvalue weighted by atomic mass is 9.73. The van der Waals surface area contributed by atoms with Crippen LogP contribution < -0.4 is 10.6 Å². The van der Waals surface area contributed by atoms with Gasteiger partial charge in [-0.2, -0.15) is 0 Å². The van der Waals surface area contributed by atoms with E-state index in [0.717, 1.165) is 18.1 Å². The Morgan fingerprint density at radius 3 is 2.33 bits per heavy atom. The number of hydrogen-bond donors (Lipinski definition) is 3. The van der Waals surface area contributed by atoms with Crippen molar-refractivity contribution in [1.82, 2.24) is 25.5 Å². The van der Waals surface area contributed by atoms with Gasteiger partial charge in [0.1, 0.15) is 29.7 Å². The molecule has 2 aromatic rings. The van der Waals surface area contributed by atoms with Crippen LogP contribution in [0.15, 0.2) is 48.8 Å². The van der Waals surface area contributed by atoms with Crippen molar-refractivity contribution in [2.45, 2.75) is 134 Å². The Bertz CT molecular complexity index is 1930. The number of hydrogen-bond acceptors (Lipinski definition) is 14. The van der Waals surface area contributed by atoms with Crippen molar-refractivity contribution in [3.05, 3.63) is 54.4 Å². The molecule has 3 N–H and O–H groups in total. The molecule has 1 aromatic heterocycles. The van der Waals surface area contributed by atoms with Crippen LogP contribution in [0.2, 0.25) is 0 Å². The number of aromatic nitrogens is 2. The maximum absolute atomic E-state index is 16.9. The first-order valence-electron chi connectivity index (χ1n) is 20.8. The molecule has 4 heterocycles. The number of cyclic esters (lactones) is 1. The standard InChI is InChI=1S/C44H60FN5O11/c1-11-31-44(8)34(49-41(56)61-44)26(4)32(51)24(2)23-42(6,60-40(55)48-19-12-14-28-15-17-29(18-16-28)37-46-20-13-21-47-37)36(27(5)35(53)43(7,45)39(54)58-31)59-38-33(52)30(50(9)10)22-25(3)57-38/h12-18,20-21,24-27,30-31,33-34,36,38,52H,11,19,22-23H2,1-10H3,(H,48,55)(H,49,56)/b14-12+/t24-,25-,26+,27+,30+,31-,33-,34-,36-,38+,42-,43+,44-/m1/s1. The molecule has 2 amide bonds. The number of nitrogens with zero attached hydrogens (tertiary/aromatic N) is 3. The molecule has 0 saturated carbocycles. The Labute approximate surface area is 356 Å². The Morgan fingerprint density at radius 2 is 1.70 bits per heavy atom. The van der Waals surface area contributed by atoms with Crippen LogP contribution in [-0.4, -0.2) is 130 Å². The van der Waals surface area contributed by atoms with Gasteiger partial charge in [-0.05, 0) is 72.7 Å². The number of ether oxygens (including phenoxy) is 5. The summed E-state index contributed by atoms with van der Waals surface area (Å²) in [5, 5.41) is 16.9. The Morgan fingerprint density at radius 1 is 1.05 bits per heavy atom. The second-order valence-corrected chi connectivity index (χ2v) is 17.3. The van der Waals surface area contributed by atoms with Gasteiger partial charge in [0.15, 0.2) is 23.5 Å². The highest BCUT2D eigenvalue weighted by molar-refractivity contribution is 6.08. The van der Waals surface area contributed by atoms with Crippen LogP contribution in [0.1, 0.15) is 80.2 Å². The normalized spacial score (nSPS) is 36.4. The molecule has 0 radical (unpaired) electrons. The number of aliphatic hydroxyl groups excluding tert-OH is 1.